The van der Waals surface area contributed by atoms with E-state index in [1.165, 1.54) is 0 Å². The summed E-state index contributed by atoms with van der Waals surface area (Å²) in [7, 11) is 3.65. The maximum Gasteiger partial charge on any atom is 0.160 e. The lowest BCUT2D eigenvalue weighted by molar-refractivity contribution is -0.122. The van der Waals surface area contributed by atoms with Crippen molar-refractivity contribution in [2.24, 2.45) is 0 Å². The summed E-state index contributed by atoms with van der Waals surface area (Å²) >= 11 is 0. The van der Waals surface area contributed by atoms with Crippen molar-refractivity contribution < 1.29 is 14.6 Å². The van der Waals surface area contributed by atoms with Crippen LogP contribution in [-0.2, 0) is 10.2 Å². The largest absolute Gasteiger partial charge is 0.504 e. The van der Waals surface area contributed by atoms with E-state index in [4.69, 9.17) is 4.74 Å². The fourth-order valence-electron chi connectivity index (χ4n) is 3.92. The Labute approximate surface area is 119 Å². The first-order valence-electron chi connectivity index (χ1n) is 7.16. The number of hydrogen-bond donors (Lipinski definition) is 1. The topological polar surface area (TPSA) is 49.8 Å². The van der Waals surface area contributed by atoms with Gasteiger partial charge in [0, 0.05) is 24.3 Å². The van der Waals surface area contributed by atoms with E-state index in [-0.39, 0.29) is 17.2 Å². The molecule has 1 N–H and O–H groups in total. The molecule has 2 aliphatic rings. The fraction of sp³-hybridized carbons (Fsp3) is 0.562. The van der Waals surface area contributed by atoms with Gasteiger partial charge < -0.3 is 14.7 Å². The molecule has 0 aromatic heterocycles. The van der Waals surface area contributed by atoms with E-state index >= 15 is 0 Å². The zero-order valence-corrected chi connectivity index (χ0v) is 12.1. The molecule has 1 aromatic carbocycles. The van der Waals surface area contributed by atoms with Crippen LogP contribution in [0.4, 0.5) is 0 Å². The van der Waals surface area contributed by atoms with Gasteiger partial charge in [0.25, 0.3) is 0 Å². The molecule has 4 nitrogen and oxygen atoms in total. The molecule has 0 bridgehead atoms. The molecule has 3 rings (SSSR count). The number of methoxy groups -OCH3 is 1. The number of aromatic hydroxyl groups is 1. The van der Waals surface area contributed by atoms with E-state index in [0.717, 1.165) is 24.9 Å². The number of nitrogens with zero attached hydrogens (tertiary/aromatic N) is 1. The lowest BCUT2D eigenvalue weighted by atomic mass is 9.66. The summed E-state index contributed by atoms with van der Waals surface area (Å²) in [6, 6.07) is 5.95. The number of carbonyl (C=O) groups is 1. The zero-order valence-electron chi connectivity index (χ0n) is 12.1. The highest BCUT2D eigenvalue weighted by Gasteiger charge is 2.50. The first kappa shape index (κ1) is 13.4. The van der Waals surface area contributed by atoms with Gasteiger partial charge in [0.1, 0.15) is 5.78 Å². The summed E-state index contributed by atoms with van der Waals surface area (Å²) in [6.07, 6.45) is 3.21. The van der Waals surface area contributed by atoms with E-state index in [1.54, 1.807) is 7.11 Å². The zero-order chi connectivity index (χ0) is 14.3. The second kappa shape index (κ2) is 4.77. The molecule has 0 unspecified atom stereocenters. The molecule has 1 heterocycles. The number of benzene rings is 1. The van der Waals surface area contributed by atoms with Crippen molar-refractivity contribution in [1.82, 2.24) is 4.90 Å². The van der Waals surface area contributed by atoms with Crippen molar-refractivity contribution in [1.29, 1.82) is 0 Å². The number of phenols is 1. The molecule has 20 heavy (non-hydrogen) atoms. The molecular weight excluding hydrogens is 254 g/mol. The van der Waals surface area contributed by atoms with Crippen molar-refractivity contribution >= 4 is 5.78 Å². The second-order valence-electron chi connectivity index (χ2n) is 6.03. The number of likely N-dealkylation sites (tertiary alicyclic amines) is 1. The summed E-state index contributed by atoms with van der Waals surface area (Å²) in [5.41, 5.74) is 1.14. The molecule has 1 aromatic rings. The standard InChI is InChI=1S/C16H21NO3/c1-17-8-7-16(6-5-12(18)10-15(16)17)11-3-4-14(20-2)13(19)9-11/h3-4,9,15,19H,5-8,10H2,1-2H3/t15-,16-/m1/s1. The molecule has 2 fully saturated rings. The Bertz CT molecular complexity index is 543. The number of hydrogen-bond acceptors (Lipinski definition) is 4. The first-order chi connectivity index (χ1) is 9.56. The Kier molecular flexibility index (Phi) is 3.21. The van der Waals surface area contributed by atoms with Crippen LogP contribution >= 0.6 is 0 Å². The van der Waals surface area contributed by atoms with Crippen LogP contribution in [-0.4, -0.2) is 42.5 Å². The molecular formula is C16H21NO3. The molecule has 1 saturated heterocycles. The average molecular weight is 275 g/mol. The van der Waals surface area contributed by atoms with E-state index in [9.17, 15) is 9.90 Å². The van der Waals surface area contributed by atoms with E-state index in [0.29, 0.717) is 24.4 Å². The van der Waals surface area contributed by atoms with E-state index in [2.05, 4.69) is 11.9 Å². The highest BCUT2D eigenvalue weighted by molar-refractivity contribution is 5.81. The third kappa shape index (κ3) is 1.90. The molecule has 108 valence electrons. The molecule has 0 radical (unpaired) electrons. The summed E-state index contributed by atoms with van der Waals surface area (Å²) in [6.45, 7) is 1.00. The molecule has 4 heteroatoms. The van der Waals surface area contributed by atoms with Crippen molar-refractivity contribution in [3.05, 3.63) is 23.8 Å². The quantitative estimate of drug-likeness (QED) is 0.898. The van der Waals surface area contributed by atoms with Gasteiger partial charge >= 0.3 is 0 Å². The van der Waals surface area contributed by atoms with Crippen molar-refractivity contribution in [3.63, 3.8) is 0 Å². The van der Waals surface area contributed by atoms with Crippen LogP contribution in [0.5, 0.6) is 11.5 Å². The molecule has 1 saturated carbocycles. The third-order valence-electron chi connectivity index (χ3n) is 5.11. The lowest BCUT2D eigenvalue weighted by Gasteiger charge is -2.41. The van der Waals surface area contributed by atoms with Gasteiger partial charge in [-0.05, 0) is 44.1 Å². The Morgan fingerprint density at radius 2 is 2.20 bits per heavy atom. The van der Waals surface area contributed by atoms with Gasteiger partial charge in [-0.1, -0.05) is 6.07 Å². The number of ketones is 1. The maximum absolute atomic E-state index is 11.8. The van der Waals surface area contributed by atoms with Crippen LogP contribution in [0.3, 0.4) is 0 Å². The Hall–Kier alpha value is -1.55. The lowest BCUT2D eigenvalue weighted by Crippen LogP contribution is -2.46. The Morgan fingerprint density at radius 1 is 1.40 bits per heavy atom. The van der Waals surface area contributed by atoms with Gasteiger partial charge in [0.05, 0.1) is 7.11 Å². The monoisotopic (exact) mass is 275 g/mol. The third-order valence-corrected chi connectivity index (χ3v) is 5.11. The van der Waals surface area contributed by atoms with Gasteiger partial charge in [0.15, 0.2) is 11.5 Å². The minimum atomic E-state index is 0.00636. The van der Waals surface area contributed by atoms with Gasteiger partial charge in [-0.2, -0.15) is 0 Å². The summed E-state index contributed by atoms with van der Waals surface area (Å²) < 4.78 is 5.12. The molecule has 1 aliphatic heterocycles. The number of phenolic OH excluding ortho intramolecular Hbond substituents is 1. The van der Waals surface area contributed by atoms with Crippen LogP contribution in [0.2, 0.25) is 0 Å². The van der Waals surface area contributed by atoms with Crippen LogP contribution in [0.15, 0.2) is 18.2 Å². The summed E-state index contributed by atoms with van der Waals surface area (Å²) in [4.78, 5) is 14.1. The molecule has 0 amide bonds. The van der Waals surface area contributed by atoms with Crippen molar-refractivity contribution in [3.8, 4) is 11.5 Å². The number of carbonyl (C=O) groups excluding carboxylic acids is 1. The second-order valence-corrected chi connectivity index (χ2v) is 6.03. The smallest absolute Gasteiger partial charge is 0.160 e. The van der Waals surface area contributed by atoms with Crippen LogP contribution in [0.25, 0.3) is 0 Å². The Morgan fingerprint density at radius 3 is 2.90 bits per heavy atom. The van der Waals surface area contributed by atoms with Crippen LogP contribution < -0.4 is 4.74 Å². The van der Waals surface area contributed by atoms with Gasteiger partial charge in [0.2, 0.25) is 0 Å². The van der Waals surface area contributed by atoms with Crippen LogP contribution in [0.1, 0.15) is 31.2 Å². The number of likely N-dealkylation sites (N-methyl/N-ethyl adjacent to an activating group) is 1. The van der Waals surface area contributed by atoms with E-state index in [1.807, 2.05) is 18.2 Å². The SMILES string of the molecule is COc1ccc([C@]23CCC(=O)C[C@H]2N(C)CC3)cc1O. The highest BCUT2D eigenvalue weighted by atomic mass is 16.5. The van der Waals surface area contributed by atoms with E-state index < -0.39 is 0 Å². The maximum atomic E-state index is 11.8. The predicted octanol–water partition coefficient (Wildman–Crippen LogP) is 2.10. The van der Waals surface area contributed by atoms with Gasteiger partial charge in [-0.3, -0.25) is 4.79 Å². The number of fused-ring (bicyclic) bond motifs is 1. The minimum Gasteiger partial charge on any atom is -0.504 e. The number of rotatable bonds is 2. The number of Topliss-reactive ketones (excluding diaryl/α,β-unsaturated/α-hetero) is 1. The predicted molar refractivity (Wildman–Crippen MR) is 76.2 cm³/mol. The molecule has 1 aliphatic carbocycles. The molecule has 0 spiro atoms. The van der Waals surface area contributed by atoms with Crippen molar-refractivity contribution in [2.75, 3.05) is 20.7 Å². The first-order valence-corrected chi connectivity index (χ1v) is 7.16. The fourth-order valence-corrected chi connectivity index (χ4v) is 3.92. The minimum absolute atomic E-state index is 0.00636. The Balaban J connectivity index is 2.02. The van der Waals surface area contributed by atoms with Gasteiger partial charge in [-0.15, -0.1) is 0 Å². The van der Waals surface area contributed by atoms with Crippen LogP contribution in [0, 0.1) is 0 Å². The highest BCUT2D eigenvalue weighted by Crippen LogP contribution is 2.48. The summed E-state index contributed by atoms with van der Waals surface area (Å²) in [5.74, 6) is 1.04. The van der Waals surface area contributed by atoms with Crippen molar-refractivity contribution in [2.45, 2.75) is 37.1 Å². The average Bonchev–Trinajstić information content (AvgIpc) is 2.77. The molecule has 2 atom stereocenters. The van der Waals surface area contributed by atoms with Gasteiger partial charge in [-0.25, -0.2) is 0 Å². The number of ether oxygens (including phenoxy) is 1. The normalized spacial score (nSPS) is 30.3. The summed E-state index contributed by atoms with van der Waals surface area (Å²) in [5, 5.41) is 10.1.